The van der Waals surface area contributed by atoms with E-state index in [0.29, 0.717) is 13.1 Å². The number of benzene rings is 1. The number of rotatable bonds is 3. The van der Waals surface area contributed by atoms with Crippen LogP contribution in [0, 0.1) is 0 Å². The van der Waals surface area contributed by atoms with Crippen LogP contribution in [-0.4, -0.2) is 37.6 Å². The molecule has 9 heteroatoms. The standard InChI is InChI=1S/C18H19BrF2N2O3S/c19-14-8-9-18(21,16(15(14)20)27(22,25)26)13-7-3-2-6-12(13)17(24)23-10-4-1-5-11-23/h2-3,6-9,16H,1,4-5,10-11H2,(H2,22,25,26). The van der Waals surface area contributed by atoms with Crippen LogP contribution in [-0.2, 0) is 15.7 Å². The van der Waals surface area contributed by atoms with Gasteiger partial charge in [0.25, 0.3) is 5.91 Å². The fourth-order valence-corrected chi connectivity index (χ4v) is 5.17. The van der Waals surface area contributed by atoms with Crippen LogP contribution in [0.2, 0.25) is 0 Å². The first-order valence-corrected chi connectivity index (χ1v) is 10.9. The minimum atomic E-state index is -4.65. The third kappa shape index (κ3) is 3.72. The molecule has 1 aliphatic heterocycles. The molecule has 1 aromatic carbocycles. The fourth-order valence-electron chi connectivity index (χ4n) is 3.56. The summed E-state index contributed by atoms with van der Waals surface area (Å²) in [5.74, 6) is -1.64. The number of halogens is 3. The molecule has 0 bridgehead atoms. The summed E-state index contributed by atoms with van der Waals surface area (Å²) in [7, 11) is -4.65. The lowest BCUT2D eigenvalue weighted by Gasteiger charge is -2.34. The average molecular weight is 461 g/mol. The van der Waals surface area contributed by atoms with Crippen LogP contribution < -0.4 is 5.14 Å². The highest BCUT2D eigenvalue weighted by molar-refractivity contribution is 9.11. The Bertz CT molecular complexity index is 926. The summed E-state index contributed by atoms with van der Waals surface area (Å²) in [6.07, 6.45) is 4.73. The molecule has 146 valence electrons. The van der Waals surface area contributed by atoms with Gasteiger partial charge in [0.15, 0.2) is 10.9 Å². The number of allylic oxidation sites excluding steroid dienone is 3. The van der Waals surface area contributed by atoms with Gasteiger partial charge >= 0.3 is 0 Å². The molecular formula is C18H19BrF2N2O3S. The minimum Gasteiger partial charge on any atom is -0.339 e. The van der Waals surface area contributed by atoms with Crippen LogP contribution in [0.25, 0.3) is 0 Å². The molecule has 2 N–H and O–H groups in total. The van der Waals surface area contributed by atoms with Crippen molar-refractivity contribution in [2.24, 2.45) is 5.14 Å². The zero-order chi connectivity index (χ0) is 19.8. The lowest BCUT2D eigenvalue weighted by atomic mass is 9.84. The summed E-state index contributed by atoms with van der Waals surface area (Å²) < 4.78 is 54.5. The van der Waals surface area contributed by atoms with Crippen LogP contribution in [0.15, 0.2) is 46.7 Å². The van der Waals surface area contributed by atoms with E-state index in [4.69, 9.17) is 5.14 Å². The summed E-state index contributed by atoms with van der Waals surface area (Å²) in [5, 5.41) is 2.87. The molecule has 0 spiro atoms. The maximum absolute atomic E-state index is 16.1. The molecule has 1 saturated heterocycles. The number of alkyl halides is 1. The number of carbonyl (C=O) groups is 1. The van der Waals surface area contributed by atoms with Gasteiger partial charge in [-0.05, 0) is 53.4 Å². The van der Waals surface area contributed by atoms with E-state index in [2.05, 4.69) is 15.9 Å². The van der Waals surface area contributed by atoms with Gasteiger partial charge in [-0.2, -0.15) is 0 Å². The van der Waals surface area contributed by atoms with E-state index in [1.165, 1.54) is 18.2 Å². The Morgan fingerprint density at radius 1 is 1.22 bits per heavy atom. The van der Waals surface area contributed by atoms with Crippen molar-refractivity contribution in [2.45, 2.75) is 30.2 Å². The Balaban J connectivity index is 2.13. The number of hydrogen-bond acceptors (Lipinski definition) is 3. The third-order valence-electron chi connectivity index (χ3n) is 4.85. The van der Waals surface area contributed by atoms with Gasteiger partial charge in [0.1, 0.15) is 5.83 Å². The van der Waals surface area contributed by atoms with Crippen LogP contribution in [0.3, 0.4) is 0 Å². The number of primary sulfonamides is 1. The first-order chi connectivity index (χ1) is 12.7. The second kappa shape index (κ2) is 7.44. The summed E-state index contributed by atoms with van der Waals surface area (Å²) in [6.45, 7) is 1.08. The number of likely N-dealkylation sites (tertiary alicyclic amines) is 1. The monoisotopic (exact) mass is 460 g/mol. The van der Waals surface area contributed by atoms with Crippen molar-refractivity contribution in [1.29, 1.82) is 0 Å². The van der Waals surface area contributed by atoms with Gasteiger partial charge in [-0.1, -0.05) is 18.2 Å². The third-order valence-corrected chi connectivity index (χ3v) is 6.70. The molecule has 1 aromatic rings. The molecule has 5 nitrogen and oxygen atoms in total. The highest BCUT2D eigenvalue weighted by Gasteiger charge is 2.52. The molecule has 3 rings (SSSR count). The summed E-state index contributed by atoms with van der Waals surface area (Å²) >= 11 is 2.88. The average Bonchev–Trinajstić information content (AvgIpc) is 2.64. The fraction of sp³-hybridized carbons (Fsp3) is 0.389. The van der Waals surface area contributed by atoms with Crippen molar-refractivity contribution in [1.82, 2.24) is 4.90 Å². The Kier molecular flexibility index (Phi) is 5.56. The summed E-state index contributed by atoms with van der Waals surface area (Å²) in [5.41, 5.74) is -3.02. The molecule has 2 aliphatic rings. The predicted octanol–water partition coefficient (Wildman–Crippen LogP) is 3.28. The predicted molar refractivity (Wildman–Crippen MR) is 102 cm³/mol. The van der Waals surface area contributed by atoms with Crippen LogP contribution >= 0.6 is 15.9 Å². The normalized spacial score (nSPS) is 26.4. The molecule has 2 unspecified atom stereocenters. The number of sulfonamides is 1. The Hall–Kier alpha value is -1.58. The highest BCUT2D eigenvalue weighted by atomic mass is 79.9. The van der Waals surface area contributed by atoms with Crippen molar-refractivity contribution in [3.63, 3.8) is 0 Å². The van der Waals surface area contributed by atoms with E-state index in [0.717, 1.165) is 31.4 Å². The van der Waals surface area contributed by atoms with Crippen LogP contribution in [0.1, 0.15) is 35.2 Å². The molecule has 0 aromatic heterocycles. The van der Waals surface area contributed by atoms with Crippen molar-refractivity contribution in [3.8, 4) is 0 Å². The Morgan fingerprint density at radius 3 is 2.48 bits per heavy atom. The topological polar surface area (TPSA) is 80.5 Å². The number of hydrogen-bond donors (Lipinski definition) is 1. The second-order valence-electron chi connectivity index (χ2n) is 6.66. The molecule has 2 atom stereocenters. The molecule has 1 aliphatic carbocycles. The number of carbonyl (C=O) groups excluding carboxylic acids is 1. The quantitative estimate of drug-likeness (QED) is 0.751. The van der Waals surface area contributed by atoms with Gasteiger partial charge in [-0.3, -0.25) is 4.79 Å². The maximum Gasteiger partial charge on any atom is 0.254 e. The lowest BCUT2D eigenvalue weighted by molar-refractivity contribution is 0.0717. The number of amides is 1. The van der Waals surface area contributed by atoms with Crippen LogP contribution in [0.4, 0.5) is 8.78 Å². The van der Waals surface area contributed by atoms with Crippen molar-refractivity contribution in [2.75, 3.05) is 13.1 Å². The molecular weight excluding hydrogens is 442 g/mol. The van der Waals surface area contributed by atoms with Crippen molar-refractivity contribution in [3.05, 3.63) is 57.9 Å². The zero-order valence-corrected chi connectivity index (χ0v) is 16.8. The van der Waals surface area contributed by atoms with Gasteiger partial charge in [-0.15, -0.1) is 0 Å². The number of piperidine rings is 1. The second-order valence-corrected chi connectivity index (χ2v) is 9.17. The van der Waals surface area contributed by atoms with Crippen molar-refractivity contribution >= 4 is 31.9 Å². The van der Waals surface area contributed by atoms with E-state index in [1.807, 2.05) is 0 Å². The van der Waals surface area contributed by atoms with E-state index >= 15 is 4.39 Å². The Morgan fingerprint density at radius 2 is 1.85 bits per heavy atom. The zero-order valence-electron chi connectivity index (χ0n) is 14.4. The largest absolute Gasteiger partial charge is 0.339 e. The van der Waals surface area contributed by atoms with Gasteiger partial charge in [0.05, 0.1) is 4.48 Å². The summed E-state index contributed by atoms with van der Waals surface area (Å²) in [6, 6.07) is 5.76. The van der Waals surface area contributed by atoms with E-state index < -0.39 is 32.7 Å². The minimum absolute atomic E-state index is 0.00558. The first kappa shape index (κ1) is 20.2. The first-order valence-electron chi connectivity index (χ1n) is 8.50. The smallest absolute Gasteiger partial charge is 0.254 e. The van der Waals surface area contributed by atoms with Crippen molar-refractivity contribution < 1.29 is 22.0 Å². The molecule has 0 radical (unpaired) electrons. The number of nitrogens with two attached hydrogens (primary N) is 1. The van der Waals surface area contributed by atoms with E-state index in [1.54, 1.807) is 11.0 Å². The van der Waals surface area contributed by atoms with Gasteiger partial charge in [-0.25, -0.2) is 22.3 Å². The molecule has 0 saturated carbocycles. The highest BCUT2D eigenvalue weighted by Crippen LogP contribution is 2.45. The SMILES string of the molecule is NS(=O)(=O)C1C(F)=C(Br)C=CC1(F)c1ccccc1C(=O)N1CCCCC1. The van der Waals surface area contributed by atoms with Crippen LogP contribution in [0.5, 0.6) is 0 Å². The molecule has 1 amide bonds. The molecule has 1 fully saturated rings. The van der Waals surface area contributed by atoms with E-state index in [9.17, 15) is 17.6 Å². The summed E-state index contributed by atoms with van der Waals surface area (Å²) in [4.78, 5) is 14.6. The number of nitrogens with zero attached hydrogens (tertiary/aromatic N) is 1. The van der Waals surface area contributed by atoms with E-state index in [-0.39, 0.29) is 15.6 Å². The molecule has 27 heavy (non-hydrogen) atoms. The lowest BCUT2D eigenvalue weighted by Crippen LogP contribution is -2.46. The maximum atomic E-state index is 16.1. The molecule has 1 heterocycles. The Labute approximate surface area is 165 Å². The van der Waals surface area contributed by atoms with Gasteiger partial charge < -0.3 is 4.90 Å². The van der Waals surface area contributed by atoms with Gasteiger partial charge in [0, 0.05) is 24.2 Å². The van der Waals surface area contributed by atoms with Gasteiger partial charge in [0.2, 0.25) is 10.0 Å².